The summed E-state index contributed by atoms with van der Waals surface area (Å²) in [5, 5.41) is 10.7. The summed E-state index contributed by atoms with van der Waals surface area (Å²) in [6, 6.07) is 1.27. The highest BCUT2D eigenvalue weighted by Crippen LogP contribution is 2.35. The first kappa shape index (κ1) is 17.8. The first-order chi connectivity index (χ1) is 10.1. The van der Waals surface area contributed by atoms with Crippen LogP contribution in [-0.2, 0) is 11.0 Å². The smallest absolute Gasteiger partial charge is 0.351 e. The molecule has 0 spiro atoms. The number of nitrogens with one attached hydrogen (secondary N) is 1. The number of nitrogens with two attached hydrogens (primary N) is 1. The first-order valence-corrected chi connectivity index (χ1v) is 6.84. The van der Waals surface area contributed by atoms with E-state index in [1.165, 1.54) is 13.0 Å². The lowest BCUT2D eigenvalue weighted by atomic mass is 10.1. The van der Waals surface area contributed by atoms with Gasteiger partial charge in [0.1, 0.15) is 11.1 Å². The van der Waals surface area contributed by atoms with Gasteiger partial charge in [-0.25, -0.2) is 9.78 Å². The van der Waals surface area contributed by atoms with Gasteiger partial charge in [0.05, 0.1) is 11.1 Å². The minimum absolute atomic E-state index is 0.0432. The van der Waals surface area contributed by atoms with Crippen LogP contribution in [0, 0.1) is 18.3 Å². The topological polar surface area (TPSA) is 109 Å². The van der Waals surface area contributed by atoms with Gasteiger partial charge in [0.25, 0.3) is 0 Å². The van der Waals surface area contributed by atoms with Crippen molar-refractivity contribution in [2.45, 2.75) is 24.5 Å². The Labute approximate surface area is 127 Å². The molecule has 0 aromatic carbocycles. The molecule has 118 valence electrons. The van der Waals surface area contributed by atoms with E-state index in [9.17, 15) is 22.8 Å². The number of alkyl halides is 3. The van der Waals surface area contributed by atoms with Gasteiger partial charge >= 0.3 is 12.2 Å². The van der Waals surface area contributed by atoms with Crippen LogP contribution in [0.5, 0.6) is 0 Å². The van der Waals surface area contributed by atoms with E-state index in [1.807, 2.05) is 5.32 Å². The summed E-state index contributed by atoms with van der Waals surface area (Å²) in [6.07, 6.45) is -4.83. The number of rotatable bonds is 4. The highest BCUT2D eigenvalue weighted by atomic mass is 32.2. The van der Waals surface area contributed by atoms with Crippen LogP contribution in [0.1, 0.15) is 23.2 Å². The van der Waals surface area contributed by atoms with E-state index < -0.39 is 29.2 Å². The maximum absolute atomic E-state index is 12.9. The number of primary amides is 1. The molecule has 0 bridgehead atoms. The quantitative estimate of drug-likeness (QED) is 0.819. The zero-order valence-electron chi connectivity index (χ0n) is 11.3. The van der Waals surface area contributed by atoms with Crippen molar-refractivity contribution in [3.63, 3.8) is 0 Å². The van der Waals surface area contributed by atoms with Gasteiger partial charge in [0.2, 0.25) is 5.91 Å². The fourth-order valence-corrected chi connectivity index (χ4v) is 2.51. The van der Waals surface area contributed by atoms with Crippen molar-refractivity contribution < 1.29 is 22.8 Å². The van der Waals surface area contributed by atoms with Gasteiger partial charge in [0.15, 0.2) is 0 Å². The fourth-order valence-electron chi connectivity index (χ4n) is 1.52. The molecule has 0 aliphatic heterocycles. The van der Waals surface area contributed by atoms with Crippen LogP contribution in [0.2, 0.25) is 0 Å². The molecule has 3 N–H and O–H groups in total. The Bertz CT molecular complexity index is 640. The van der Waals surface area contributed by atoms with E-state index >= 15 is 0 Å². The third-order valence-corrected chi connectivity index (χ3v) is 3.34. The van der Waals surface area contributed by atoms with Crippen LogP contribution < -0.4 is 11.1 Å². The molecule has 0 radical (unpaired) electrons. The second-order valence-electron chi connectivity index (χ2n) is 4.11. The highest BCUT2D eigenvalue weighted by molar-refractivity contribution is 7.99. The van der Waals surface area contributed by atoms with Crippen molar-refractivity contribution in [1.29, 1.82) is 5.26 Å². The van der Waals surface area contributed by atoms with Crippen molar-refractivity contribution in [3.8, 4) is 6.07 Å². The summed E-state index contributed by atoms with van der Waals surface area (Å²) in [4.78, 5) is 25.5. The number of aryl methyl sites for hydroxylation is 1. The normalized spacial score (nSPS) is 10.9. The molecular formula is C12H11F3N4O2S. The van der Waals surface area contributed by atoms with Crippen molar-refractivity contribution in [2.24, 2.45) is 5.73 Å². The van der Waals surface area contributed by atoms with Crippen LogP contribution in [0.4, 0.5) is 18.0 Å². The summed E-state index contributed by atoms with van der Waals surface area (Å²) in [5.41, 5.74) is 3.21. The lowest BCUT2D eigenvalue weighted by Gasteiger charge is -2.12. The Kier molecular flexibility index (Phi) is 5.76. The number of nitriles is 1. The molecule has 0 fully saturated rings. The maximum Gasteiger partial charge on any atom is 0.417 e. The Hall–Kier alpha value is -2.28. The minimum Gasteiger partial charge on any atom is -0.351 e. The van der Waals surface area contributed by atoms with Gasteiger partial charge in [0, 0.05) is 17.9 Å². The van der Waals surface area contributed by atoms with E-state index in [1.54, 1.807) is 0 Å². The van der Waals surface area contributed by atoms with E-state index in [-0.39, 0.29) is 22.9 Å². The molecule has 0 saturated carbocycles. The SMILES string of the molecule is Cc1cc(C(F)(F)F)c(C#N)c(SCCC(=O)NC(N)=O)n1. The van der Waals surface area contributed by atoms with Crippen molar-refractivity contribution in [1.82, 2.24) is 10.3 Å². The van der Waals surface area contributed by atoms with Crippen LogP contribution >= 0.6 is 11.8 Å². The number of nitrogens with zero attached hydrogens (tertiary/aromatic N) is 2. The molecule has 1 heterocycles. The molecular weight excluding hydrogens is 321 g/mol. The molecule has 0 saturated heterocycles. The Balaban J connectivity index is 2.92. The number of hydrogen-bond donors (Lipinski definition) is 2. The molecule has 0 unspecified atom stereocenters. The molecule has 3 amide bonds. The zero-order valence-corrected chi connectivity index (χ0v) is 12.1. The van der Waals surface area contributed by atoms with Crippen LogP contribution in [-0.4, -0.2) is 22.7 Å². The number of hydrogen-bond acceptors (Lipinski definition) is 5. The van der Waals surface area contributed by atoms with Crippen molar-refractivity contribution >= 4 is 23.7 Å². The van der Waals surface area contributed by atoms with Gasteiger partial charge in [-0.2, -0.15) is 18.4 Å². The predicted octanol–water partition coefficient (Wildman–Crippen LogP) is 1.96. The van der Waals surface area contributed by atoms with Crippen LogP contribution in [0.25, 0.3) is 0 Å². The van der Waals surface area contributed by atoms with E-state index in [0.29, 0.717) is 0 Å². The number of thioether (sulfide) groups is 1. The summed E-state index contributed by atoms with van der Waals surface area (Å²) in [5.74, 6) is -0.621. The zero-order chi connectivity index (χ0) is 16.9. The number of halogens is 3. The van der Waals surface area contributed by atoms with Crippen LogP contribution in [0.15, 0.2) is 11.1 Å². The average molecular weight is 332 g/mol. The minimum atomic E-state index is -4.67. The van der Waals surface area contributed by atoms with Gasteiger partial charge in [-0.3, -0.25) is 10.1 Å². The fraction of sp³-hybridized carbons (Fsp3) is 0.333. The Morgan fingerprint density at radius 3 is 2.64 bits per heavy atom. The lowest BCUT2D eigenvalue weighted by molar-refractivity contribution is -0.138. The highest BCUT2D eigenvalue weighted by Gasteiger charge is 2.35. The Morgan fingerprint density at radius 2 is 2.14 bits per heavy atom. The van der Waals surface area contributed by atoms with Gasteiger partial charge in [-0.1, -0.05) is 0 Å². The third kappa shape index (κ3) is 4.92. The summed E-state index contributed by atoms with van der Waals surface area (Å²) < 4.78 is 38.7. The molecule has 1 aromatic heterocycles. The van der Waals surface area contributed by atoms with E-state index in [4.69, 9.17) is 11.0 Å². The summed E-state index contributed by atoms with van der Waals surface area (Å²) in [7, 11) is 0. The summed E-state index contributed by atoms with van der Waals surface area (Å²) >= 11 is 0.825. The number of carbonyl (C=O) groups is 2. The van der Waals surface area contributed by atoms with Gasteiger partial charge in [-0.05, 0) is 13.0 Å². The predicted molar refractivity (Wildman–Crippen MR) is 71.8 cm³/mol. The monoisotopic (exact) mass is 332 g/mol. The van der Waals surface area contributed by atoms with Gasteiger partial charge < -0.3 is 5.73 Å². The second-order valence-corrected chi connectivity index (χ2v) is 5.20. The largest absolute Gasteiger partial charge is 0.417 e. The van der Waals surface area contributed by atoms with Crippen molar-refractivity contribution in [2.75, 3.05) is 5.75 Å². The molecule has 0 atom stereocenters. The molecule has 22 heavy (non-hydrogen) atoms. The molecule has 10 heteroatoms. The van der Waals surface area contributed by atoms with E-state index in [0.717, 1.165) is 17.8 Å². The average Bonchev–Trinajstić information content (AvgIpc) is 2.36. The molecule has 1 rings (SSSR count). The maximum atomic E-state index is 12.9. The first-order valence-electron chi connectivity index (χ1n) is 5.86. The summed E-state index contributed by atoms with van der Waals surface area (Å²) in [6.45, 7) is 1.38. The number of aromatic nitrogens is 1. The van der Waals surface area contributed by atoms with Gasteiger partial charge in [-0.15, -0.1) is 11.8 Å². The number of pyridine rings is 1. The second kappa shape index (κ2) is 7.13. The van der Waals surface area contributed by atoms with E-state index in [2.05, 4.69) is 4.98 Å². The standard InChI is InChI=1S/C12H11F3N4O2S/c1-6-4-8(12(13,14)15)7(5-16)10(18-6)22-3-2-9(20)19-11(17)21/h4H,2-3H2,1H3,(H3,17,19,20,21). The molecule has 6 nitrogen and oxygen atoms in total. The third-order valence-electron chi connectivity index (χ3n) is 2.36. The number of imide groups is 1. The number of urea groups is 1. The van der Waals surface area contributed by atoms with Crippen molar-refractivity contribution in [3.05, 3.63) is 22.9 Å². The number of amides is 3. The molecule has 0 aliphatic rings. The van der Waals surface area contributed by atoms with Crippen LogP contribution in [0.3, 0.4) is 0 Å². The molecule has 1 aromatic rings. The number of carbonyl (C=O) groups excluding carboxylic acids is 2. The Morgan fingerprint density at radius 1 is 1.50 bits per heavy atom. The lowest BCUT2D eigenvalue weighted by Crippen LogP contribution is -2.35. The molecule has 0 aliphatic carbocycles.